The molecule has 2 aromatic rings. The third-order valence-electron chi connectivity index (χ3n) is 3.90. The summed E-state index contributed by atoms with van der Waals surface area (Å²) in [5.41, 5.74) is 0.751. The first-order valence-electron chi connectivity index (χ1n) is 8.35. The highest BCUT2D eigenvalue weighted by Crippen LogP contribution is 2.23. The van der Waals surface area contributed by atoms with Crippen LogP contribution in [0.15, 0.2) is 54.6 Å². The minimum Gasteiger partial charge on any atom is -0.457 e. The molecule has 0 spiro atoms. The van der Waals surface area contributed by atoms with Crippen LogP contribution in [0, 0.1) is 0 Å². The molecule has 5 heteroatoms. The Morgan fingerprint density at radius 1 is 1.04 bits per heavy atom. The number of hydrogen-bond acceptors (Lipinski definition) is 4. The van der Waals surface area contributed by atoms with E-state index < -0.39 is 0 Å². The van der Waals surface area contributed by atoms with Crippen LogP contribution in [0.3, 0.4) is 0 Å². The molecule has 0 atom stereocenters. The lowest BCUT2D eigenvalue weighted by Gasteiger charge is -2.18. The number of carbonyl (C=O) groups is 1. The van der Waals surface area contributed by atoms with Gasteiger partial charge in [-0.15, -0.1) is 0 Å². The number of hydrogen-bond donors (Lipinski definition) is 2. The molecule has 1 amide bonds. The molecular weight excluding hydrogens is 302 g/mol. The third kappa shape index (κ3) is 5.08. The van der Waals surface area contributed by atoms with E-state index in [1.54, 1.807) is 0 Å². The Balaban J connectivity index is 1.56. The van der Waals surface area contributed by atoms with Gasteiger partial charge in [0, 0.05) is 24.8 Å². The Hall–Kier alpha value is -2.37. The lowest BCUT2D eigenvalue weighted by atomic mass is 10.3. The molecule has 0 radical (unpaired) electrons. The van der Waals surface area contributed by atoms with Crippen LogP contribution in [-0.4, -0.2) is 43.5 Å². The summed E-state index contributed by atoms with van der Waals surface area (Å²) in [7, 11) is 0. The second-order valence-corrected chi connectivity index (χ2v) is 5.87. The van der Waals surface area contributed by atoms with Crippen molar-refractivity contribution in [2.75, 3.05) is 38.0 Å². The lowest BCUT2D eigenvalue weighted by Crippen LogP contribution is -2.35. The predicted octanol–water partition coefficient (Wildman–Crippen LogP) is 2.71. The number of nitrogens with one attached hydrogen (secondary N) is 2. The Labute approximate surface area is 142 Å². The maximum Gasteiger partial charge on any atom is 0.238 e. The van der Waals surface area contributed by atoms with Gasteiger partial charge in [0.05, 0.1) is 6.54 Å². The fraction of sp³-hybridized carbons (Fsp3) is 0.316. The number of carbonyl (C=O) groups excluding carboxylic acids is 1. The minimum atomic E-state index is 0.00811. The smallest absolute Gasteiger partial charge is 0.238 e. The van der Waals surface area contributed by atoms with E-state index in [0.717, 1.165) is 44.0 Å². The molecule has 0 bridgehead atoms. The lowest BCUT2D eigenvalue weighted by molar-refractivity contribution is -0.117. The number of nitrogens with zero attached hydrogens (tertiary/aromatic N) is 1. The molecule has 3 rings (SSSR count). The van der Waals surface area contributed by atoms with E-state index in [4.69, 9.17) is 4.74 Å². The van der Waals surface area contributed by atoms with Crippen LogP contribution in [0.5, 0.6) is 11.5 Å². The van der Waals surface area contributed by atoms with Gasteiger partial charge in [0.2, 0.25) is 5.91 Å². The third-order valence-corrected chi connectivity index (χ3v) is 3.90. The standard InChI is InChI=1S/C19H23N3O2/c23-19(15-22-12-5-10-20-11-13-22)21-16-6-4-9-18(14-16)24-17-7-2-1-3-8-17/h1-4,6-9,14,20H,5,10-13,15H2,(H,21,23). The van der Waals surface area contributed by atoms with Crippen LogP contribution in [0.1, 0.15) is 6.42 Å². The van der Waals surface area contributed by atoms with E-state index in [2.05, 4.69) is 15.5 Å². The van der Waals surface area contributed by atoms with E-state index in [1.807, 2.05) is 54.6 Å². The largest absolute Gasteiger partial charge is 0.457 e. The van der Waals surface area contributed by atoms with Crippen LogP contribution in [0.4, 0.5) is 5.69 Å². The first-order chi connectivity index (χ1) is 11.8. The van der Waals surface area contributed by atoms with E-state index in [0.29, 0.717) is 12.3 Å². The van der Waals surface area contributed by atoms with Crippen molar-refractivity contribution in [3.05, 3.63) is 54.6 Å². The zero-order chi connectivity index (χ0) is 16.6. The summed E-state index contributed by atoms with van der Waals surface area (Å²) in [6.45, 7) is 4.25. The van der Waals surface area contributed by atoms with Crippen LogP contribution in [0.2, 0.25) is 0 Å². The van der Waals surface area contributed by atoms with Gasteiger partial charge in [-0.3, -0.25) is 9.69 Å². The maximum absolute atomic E-state index is 12.2. The van der Waals surface area contributed by atoms with E-state index in [-0.39, 0.29) is 5.91 Å². The van der Waals surface area contributed by atoms with Gasteiger partial charge in [0.15, 0.2) is 0 Å². The zero-order valence-corrected chi connectivity index (χ0v) is 13.7. The Bertz CT molecular complexity index is 653. The monoisotopic (exact) mass is 325 g/mol. The normalized spacial score (nSPS) is 15.5. The summed E-state index contributed by atoms with van der Waals surface area (Å²) in [5.74, 6) is 1.49. The van der Waals surface area contributed by atoms with Crippen LogP contribution < -0.4 is 15.4 Å². The van der Waals surface area contributed by atoms with E-state index in [1.165, 1.54) is 0 Å². The zero-order valence-electron chi connectivity index (χ0n) is 13.7. The molecule has 0 aromatic heterocycles. The average molecular weight is 325 g/mol. The van der Waals surface area contributed by atoms with Crippen molar-refractivity contribution in [2.45, 2.75) is 6.42 Å². The predicted molar refractivity (Wildman–Crippen MR) is 95.5 cm³/mol. The Kier molecular flexibility index (Phi) is 5.82. The van der Waals surface area contributed by atoms with Crippen molar-refractivity contribution in [3.63, 3.8) is 0 Å². The second kappa shape index (κ2) is 8.47. The van der Waals surface area contributed by atoms with Crippen molar-refractivity contribution in [3.8, 4) is 11.5 Å². The molecule has 1 saturated heterocycles. The molecule has 0 aliphatic carbocycles. The summed E-state index contributed by atoms with van der Waals surface area (Å²) in [6, 6.07) is 17.1. The molecule has 0 saturated carbocycles. The van der Waals surface area contributed by atoms with E-state index in [9.17, 15) is 4.79 Å². The van der Waals surface area contributed by atoms with Crippen molar-refractivity contribution >= 4 is 11.6 Å². The van der Waals surface area contributed by atoms with Gasteiger partial charge in [-0.2, -0.15) is 0 Å². The summed E-state index contributed by atoms with van der Waals surface area (Å²) in [4.78, 5) is 14.4. The second-order valence-electron chi connectivity index (χ2n) is 5.87. The summed E-state index contributed by atoms with van der Waals surface area (Å²) in [5, 5.41) is 6.30. The van der Waals surface area contributed by atoms with Crippen LogP contribution in [0.25, 0.3) is 0 Å². The molecule has 126 valence electrons. The Morgan fingerprint density at radius 3 is 2.75 bits per heavy atom. The highest BCUT2D eigenvalue weighted by atomic mass is 16.5. The van der Waals surface area contributed by atoms with Crippen molar-refractivity contribution in [1.29, 1.82) is 0 Å². The maximum atomic E-state index is 12.2. The quantitative estimate of drug-likeness (QED) is 0.887. The number of amides is 1. The number of benzene rings is 2. The summed E-state index contributed by atoms with van der Waals surface area (Å²) in [6.07, 6.45) is 1.08. The summed E-state index contributed by atoms with van der Waals surface area (Å²) < 4.78 is 5.80. The molecule has 2 aromatic carbocycles. The first kappa shape index (κ1) is 16.5. The Morgan fingerprint density at radius 2 is 1.88 bits per heavy atom. The fourth-order valence-electron chi connectivity index (χ4n) is 2.73. The first-order valence-corrected chi connectivity index (χ1v) is 8.35. The highest BCUT2D eigenvalue weighted by molar-refractivity contribution is 5.92. The molecule has 24 heavy (non-hydrogen) atoms. The molecule has 0 unspecified atom stereocenters. The number of rotatable bonds is 5. The minimum absolute atomic E-state index is 0.00811. The topological polar surface area (TPSA) is 53.6 Å². The van der Waals surface area contributed by atoms with E-state index >= 15 is 0 Å². The molecule has 2 N–H and O–H groups in total. The fourth-order valence-corrected chi connectivity index (χ4v) is 2.73. The molecule has 5 nitrogen and oxygen atoms in total. The molecule has 1 aliphatic rings. The van der Waals surface area contributed by atoms with Crippen LogP contribution in [-0.2, 0) is 4.79 Å². The molecule has 1 heterocycles. The van der Waals surface area contributed by atoms with Gasteiger partial charge in [0.25, 0.3) is 0 Å². The van der Waals surface area contributed by atoms with Crippen LogP contribution >= 0.6 is 0 Å². The van der Waals surface area contributed by atoms with Gasteiger partial charge >= 0.3 is 0 Å². The molecule has 1 fully saturated rings. The highest BCUT2D eigenvalue weighted by Gasteiger charge is 2.13. The number of ether oxygens (including phenoxy) is 1. The van der Waals surface area contributed by atoms with Gasteiger partial charge in [-0.05, 0) is 43.8 Å². The van der Waals surface area contributed by atoms with Crippen molar-refractivity contribution < 1.29 is 9.53 Å². The van der Waals surface area contributed by atoms with Gasteiger partial charge in [0.1, 0.15) is 11.5 Å². The van der Waals surface area contributed by atoms with Gasteiger partial charge in [-0.25, -0.2) is 0 Å². The van der Waals surface area contributed by atoms with Gasteiger partial charge in [-0.1, -0.05) is 24.3 Å². The average Bonchev–Trinajstić information content (AvgIpc) is 2.84. The number of anilines is 1. The molecular formula is C19H23N3O2. The SMILES string of the molecule is O=C(CN1CCCNCC1)Nc1cccc(Oc2ccccc2)c1. The number of para-hydroxylation sites is 1. The van der Waals surface area contributed by atoms with Gasteiger partial charge < -0.3 is 15.4 Å². The summed E-state index contributed by atoms with van der Waals surface area (Å²) >= 11 is 0. The molecule has 1 aliphatic heterocycles. The van der Waals surface area contributed by atoms with Crippen molar-refractivity contribution in [2.24, 2.45) is 0 Å². The van der Waals surface area contributed by atoms with Crippen molar-refractivity contribution in [1.82, 2.24) is 10.2 Å².